The van der Waals surface area contributed by atoms with E-state index in [1.165, 1.54) is 83.5 Å². The molecule has 0 N–H and O–H groups in total. The summed E-state index contributed by atoms with van der Waals surface area (Å²) < 4.78 is 0. The summed E-state index contributed by atoms with van der Waals surface area (Å²) in [5, 5.41) is 0. The fraction of sp³-hybridized carbons (Fsp3) is 1.00. The quantitative estimate of drug-likeness (QED) is 0.212. The van der Waals surface area contributed by atoms with Crippen LogP contribution in [0.2, 0.25) is 0 Å². The fourth-order valence-electron chi connectivity index (χ4n) is 3.00. The molecule has 0 spiro atoms. The highest BCUT2D eigenvalue weighted by Crippen LogP contribution is 2.15. The van der Waals surface area contributed by atoms with Crippen LogP contribution in [0.4, 0.5) is 0 Å². The van der Waals surface area contributed by atoms with Crippen LogP contribution in [0.3, 0.4) is 0 Å². The minimum absolute atomic E-state index is 0. The standard InChI is InChI=1S/C19H42NO3.ClH/c1-5-6-7-8-9-10-11-12-13-14-15-16-17-18-19-20(21-2,22-3)23-4;/h5-19H2,1-4H3;1H/q+1;/p-1. The number of nitrogens with zero attached hydrogens (tertiary/aromatic N) is 1. The Morgan fingerprint density at radius 3 is 1.08 bits per heavy atom. The van der Waals surface area contributed by atoms with Gasteiger partial charge in [0.15, 0.2) is 6.54 Å². The minimum atomic E-state index is -0.168. The normalized spacial score (nSPS) is 11.5. The van der Waals surface area contributed by atoms with E-state index in [1.807, 2.05) is 0 Å². The van der Waals surface area contributed by atoms with Crippen LogP contribution >= 0.6 is 0 Å². The summed E-state index contributed by atoms with van der Waals surface area (Å²) >= 11 is 0. The van der Waals surface area contributed by atoms with Gasteiger partial charge in [-0.3, -0.25) is 0 Å². The molecule has 0 aliphatic heterocycles. The lowest BCUT2D eigenvalue weighted by Crippen LogP contribution is -3.00. The highest BCUT2D eigenvalue weighted by molar-refractivity contribution is 4.49. The fourth-order valence-corrected chi connectivity index (χ4v) is 3.00. The van der Waals surface area contributed by atoms with Gasteiger partial charge in [-0.2, -0.15) is 0 Å². The van der Waals surface area contributed by atoms with Crippen molar-refractivity contribution >= 4 is 0 Å². The van der Waals surface area contributed by atoms with Crippen LogP contribution in [0.5, 0.6) is 0 Å². The zero-order chi connectivity index (χ0) is 17.2. The van der Waals surface area contributed by atoms with Gasteiger partial charge < -0.3 is 12.4 Å². The number of hydroxylamine groups is 3. The lowest BCUT2D eigenvalue weighted by Gasteiger charge is -2.24. The third-order valence-corrected chi connectivity index (χ3v) is 4.62. The van der Waals surface area contributed by atoms with Crippen molar-refractivity contribution in [1.82, 2.24) is 0 Å². The van der Waals surface area contributed by atoms with E-state index in [1.54, 1.807) is 21.3 Å². The van der Waals surface area contributed by atoms with Gasteiger partial charge in [-0.05, 0) is 6.42 Å². The van der Waals surface area contributed by atoms with Crippen molar-refractivity contribution in [2.24, 2.45) is 0 Å². The van der Waals surface area contributed by atoms with Gasteiger partial charge in [0.25, 0.3) is 0 Å². The summed E-state index contributed by atoms with van der Waals surface area (Å²) in [6.07, 6.45) is 19.1. The largest absolute Gasteiger partial charge is 1.00 e. The van der Waals surface area contributed by atoms with E-state index < -0.39 is 0 Å². The Kier molecular flexibility index (Phi) is 21.4. The molecule has 0 bridgehead atoms. The van der Waals surface area contributed by atoms with Crippen LogP contribution in [0, 0.1) is 0 Å². The number of quaternary nitrogens is 1. The Balaban J connectivity index is 0. The van der Waals surface area contributed by atoms with Crippen molar-refractivity contribution < 1.29 is 31.9 Å². The van der Waals surface area contributed by atoms with Gasteiger partial charge >= 0.3 is 0 Å². The molecule has 0 aromatic carbocycles. The van der Waals surface area contributed by atoms with Crippen LogP contribution in [0.1, 0.15) is 96.8 Å². The maximum Gasteiger partial charge on any atom is 0.178 e. The summed E-state index contributed by atoms with van der Waals surface area (Å²) in [6, 6.07) is 0. The molecule has 0 atom stereocenters. The topological polar surface area (TPSA) is 27.7 Å². The van der Waals surface area contributed by atoms with Crippen molar-refractivity contribution in [3.63, 3.8) is 0 Å². The molecule has 0 saturated carbocycles. The Hall–Kier alpha value is 0.130. The molecule has 5 heteroatoms. The molecule has 0 aliphatic carbocycles. The van der Waals surface area contributed by atoms with Gasteiger partial charge in [-0.15, -0.1) is 14.5 Å². The maximum atomic E-state index is 5.24. The first-order valence-corrected chi connectivity index (χ1v) is 9.80. The molecule has 0 aromatic rings. The Morgan fingerprint density at radius 2 is 0.792 bits per heavy atom. The Morgan fingerprint density at radius 1 is 0.500 bits per heavy atom. The van der Waals surface area contributed by atoms with E-state index in [9.17, 15) is 0 Å². The predicted octanol–water partition coefficient (Wildman–Crippen LogP) is 2.97. The highest BCUT2D eigenvalue weighted by Gasteiger charge is 2.29. The first kappa shape index (κ1) is 26.4. The van der Waals surface area contributed by atoms with Crippen molar-refractivity contribution in [3.8, 4) is 0 Å². The molecule has 24 heavy (non-hydrogen) atoms. The zero-order valence-corrected chi connectivity index (χ0v) is 17.4. The summed E-state index contributed by atoms with van der Waals surface area (Å²) in [4.78, 5) is 15.6. The second kappa shape index (κ2) is 19.5. The molecule has 0 unspecified atom stereocenters. The van der Waals surface area contributed by atoms with Crippen molar-refractivity contribution in [1.29, 1.82) is 0 Å². The average molecular weight is 368 g/mol. The van der Waals surface area contributed by atoms with Gasteiger partial charge in [-0.25, -0.2) is 0 Å². The highest BCUT2D eigenvalue weighted by atomic mass is 35.5. The molecule has 0 amide bonds. The van der Waals surface area contributed by atoms with Gasteiger partial charge in [0.2, 0.25) is 0 Å². The van der Waals surface area contributed by atoms with E-state index in [2.05, 4.69) is 6.92 Å². The average Bonchev–Trinajstić information content (AvgIpc) is 2.59. The third-order valence-electron chi connectivity index (χ3n) is 4.62. The number of unbranched alkanes of at least 4 members (excludes halogenated alkanes) is 13. The molecule has 0 saturated heterocycles. The summed E-state index contributed by atoms with van der Waals surface area (Å²) in [7, 11) is 4.82. The van der Waals surface area contributed by atoms with Crippen molar-refractivity contribution in [2.45, 2.75) is 96.8 Å². The van der Waals surface area contributed by atoms with Crippen LogP contribution in [-0.2, 0) is 14.5 Å². The molecule has 0 aliphatic rings. The number of hydrogen-bond acceptors (Lipinski definition) is 3. The molecular formula is C19H42ClNO3. The molecule has 4 nitrogen and oxygen atoms in total. The molecule has 0 heterocycles. The zero-order valence-electron chi connectivity index (χ0n) is 16.7. The first-order valence-electron chi connectivity index (χ1n) is 9.80. The van der Waals surface area contributed by atoms with E-state index >= 15 is 0 Å². The maximum absolute atomic E-state index is 5.24. The summed E-state index contributed by atoms with van der Waals surface area (Å²) in [5.74, 6) is 0. The summed E-state index contributed by atoms with van der Waals surface area (Å²) in [6.45, 7) is 3.02. The first-order chi connectivity index (χ1) is 11.2. The minimum Gasteiger partial charge on any atom is -1.00 e. The van der Waals surface area contributed by atoms with Gasteiger partial charge in [0.05, 0.1) is 4.97 Å². The Labute approximate surface area is 157 Å². The smallest absolute Gasteiger partial charge is 0.178 e. The lowest BCUT2D eigenvalue weighted by atomic mass is 10.0. The van der Waals surface area contributed by atoms with Crippen LogP contribution < -0.4 is 12.4 Å². The molecular weight excluding hydrogens is 326 g/mol. The van der Waals surface area contributed by atoms with Crippen LogP contribution in [0.25, 0.3) is 0 Å². The molecule has 0 aromatic heterocycles. The van der Waals surface area contributed by atoms with Gasteiger partial charge in [0, 0.05) is 6.42 Å². The predicted molar refractivity (Wildman–Crippen MR) is 96.5 cm³/mol. The molecule has 148 valence electrons. The van der Waals surface area contributed by atoms with E-state index in [-0.39, 0.29) is 17.4 Å². The van der Waals surface area contributed by atoms with Gasteiger partial charge in [-0.1, -0.05) is 84.0 Å². The number of halogens is 1. The van der Waals surface area contributed by atoms with Crippen molar-refractivity contribution in [2.75, 3.05) is 27.9 Å². The van der Waals surface area contributed by atoms with Crippen LogP contribution in [0.15, 0.2) is 0 Å². The number of hydrogen-bond donors (Lipinski definition) is 0. The monoisotopic (exact) mass is 367 g/mol. The second-order valence-corrected chi connectivity index (χ2v) is 6.48. The lowest BCUT2D eigenvalue weighted by molar-refractivity contribution is -1.36. The van der Waals surface area contributed by atoms with E-state index in [4.69, 9.17) is 14.5 Å². The second-order valence-electron chi connectivity index (χ2n) is 6.48. The molecule has 0 fully saturated rings. The van der Waals surface area contributed by atoms with E-state index in [0.29, 0.717) is 0 Å². The Bertz CT molecular complexity index is 230. The van der Waals surface area contributed by atoms with E-state index in [0.717, 1.165) is 13.0 Å². The SMILES string of the molecule is CCCCCCCCCCCCCCCC[N+](OC)(OC)OC.[Cl-]. The number of rotatable bonds is 18. The molecule has 0 rings (SSSR count). The third kappa shape index (κ3) is 14.5. The van der Waals surface area contributed by atoms with Crippen LogP contribution in [-0.4, -0.2) is 32.8 Å². The molecule has 0 radical (unpaired) electrons. The van der Waals surface area contributed by atoms with Crippen molar-refractivity contribution in [3.05, 3.63) is 0 Å². The van der Waals surface area contributed by atoms with Gasteiger partial charge in [0.1, 0.15) is 21.3 Å². The summed E-state index contributed by atoms with van der Waals surface area (Å²) in [5.41, 5.74) is 0.